The molecular formula is C13H22F3N3O3. The van der Waals surface area contributed by atoms with Gasteiger partial charge in [0.05, 0.1) is 6.04 Å². The van der Waals surface area contributed by atoms with Gasteiger partial charge in [-0.2, -0.15) is 13.2 Å². The zero-order valence-corrected chi connectivity index (χ0v) is 12.9. The van der Waals surface area contributed by atoms with E-state index in [1.54, 1.807) is 20.8 Å². The highest BCUT2D eigenvalue weighted by Gasteiger charge is 2.38. The van der Waals surface area contributed by atoms with Crippen LogP contribution in [-0.4, -0.2) is 65.8 Å². The number of nitrogens with zero attached hydrogens (tertiary/aromatic N) is 2. The Morgan fingerprint density at radius 2 is 1.82 bits per heavy atom. The van der Waals surface area contributed by atoms with Crippen LogP contribution in [0.4, 0.5) is 18.0 Å². The van der Waals surface area contributed by atoms with Crippen LogP contribution in [0.5, 0.6) is 0 Å². The quantitative estimate of drug-likeness (QED) is 0.831. The molecule has 2 amide bonds. The number of hydrogen-bond acceptors (Lipinski definition) is 4. The van der Waals surface area contributed by atoms with Gasteiger partial charge in [0.1, 0.15) is 12.0 Å². The van der Waals surface area contributed by atoms with Crippen molar-refractivity contribution in [3.05, 3.63) is 0 Å². The van der Waals surface area contributed by atoms with Gasteiger partial charge in [-0.15, -0.1) is 0 Å². The minimum atomic E-state index is -4.56. The SMILES string of the molecule is CC(C)(C)OC(=O)N1CCN(C(=O)CC(F)(F)F)C(CN)C1. The number of amides is 2. The second kappa shape index (κ2) is 6.72. The molecule has 1 unspecified atom stereocenters. The third-order valence-corrected chi connectivity index (χ3v) is 3.08. The van der Waals surface area contributed by atoms with Crippen LogP contribution >= 0.6 is 0 Å². The third-order valence-electron chi connectivity index (χ3n) is 3.08. The number of piperazine rings is 1. The second-order valence-corrected chi connectivity index (χ2v) is 6.19. The number of rotatable bonds is 2. The van der Waals surface area contributed by atoms with Crippen molar-refractivity contribution < 1.29 is 27.5 Å². The zero-order valence-electron chi connectivity index (χ0n) is 12.9. The van der Waals surface area contributed by atoms with Gasteiger partial charge in [-0.3, -0.25) is 4.79 Å². The van der Waals surface area contributed by atoms with Crippen molar-refractivity contribution in [3.63, 3.8) is 0 Å². The summed E-state index contributed by atoms with van der Waals surface area (Å²) in [5.41, 5.74) is 4.86. The summed E-state index contributed by atoms with van der Waals surface area (Å²) in [6, 6.07) is -0.642. The first-order chi connectivity index (χ1) is 9.93. The summed E-state index contributed by atoms with van der Waals surface area (Å²) < 4.78 is 42.2. The second-order valence-electron chi connectivity index (χ2n) is 6.19. The standard InChI is InChI=1S/C13H22F3N3O3/c1-12(2,3)22-11(21)18-4-5-19(9(7-17)8-18)10(20)6-13(14,15)16/h9H,4-8,17H2,1-3H3. The molecule has 22 heavy (non-hydrogen) atoms. The van der Waals surface area contributed by atoms with E-state index in [2.05, 4.69) is 0 Å². The predicted molar refractivity (Wildman–Crippen MR) is 73.0 cm³/mol. The van der Waals surface area contributed by atoms with Gasteiger partial charge in [-0.25, -0.2) is 4.79 Å². The fourth-order valence-corrected chi connectivity index (χ4v) is 2.15. The Labute approximate surface area is 127 Å². The Kier molecular flexibility index (Phi) is 5.66. The lowest BCUT2D eigenvalue weighted by Crippen LogP contribution is -2.59. The van der Waals surface area contributed by atoms with Crippen molar-refractivity contribution in [2.45, 2.75) is 45.0 Å². The number of alkyl halides is 3. The van der Waals surface area contributed by atoms with Crippen LogP contribution in [0.2, 0.25) is 0 Å². The molecule has 2 N–H and O–H groups in total. The first-order valence-corrected chi connectivity index (χ1v) is 6.97. The first kappa shape index (κ1) is 18.5. The van der Waals surface area contributed by atoms with Gasteiger partial charge < -0.3 is 20.3 Å². The highest BCUT2D eigenvalue weighted by Crippen LogP contribution is 2.23. The molecule has 0 aromatic heterocycles. The van der Waals surface area contributed by atoms with Gasteiger partial charge in [0.25, 0.3) is 0 Å². The van der Waals surface area contributed by atoms with Gasteiger partial charge in [0, 0.05) is 26.2 Å². The molecule has 1 saturated heterocycles. The van der Waals surface area contributed by atoms with E-state index in [-0.39, 0.29) is 26.2 Å². The van der Waals surface area contributed by atoms with E-state index >= 15 is 0 Å². The predicted octanol–water partition coefficient (Wildman–Crippen LogP) is 1.35. The van der Waals surface area contributed by atoms with E-state index in [9.17, 15) is 22.8 Å². The van der Waals surface area contributed by atoms with Crippen molar-refractivity contribution in [3.8, 4) is 0 Å². The first-order valence-electron chi connectivity index (χ1n) is 6.97. The van der Waals surface area contributed by atoms with E-state index in [0.29, 0.717) is 0 Å². The zero-order chi connectivity index (χ0) is 17.1. The maximum Gasteiger partial charge on any atom is 0.410 e. The minimum Gasteiger partial charge on any atom is -0.444 e. The number of hydrogen-bond donors (Lipinski definition) is 1. The molecule has 1 aliphatic rings. The fourth-order valence-electron chi connectivity index (χ4n) is 2.15. The molecule has 1 rings (SSSR count). The smallest absolute Gasteiger partial charge is 0.410 e. The van der Waals surface area contributed by atoms with E-state index in [1.165, 1.54) is 4.90 Å². The average molecular weight is 325 g/mol. The van der Waals surface area contributed by atoms with Gasteiger partial charge in [0.15, 0.2) is 0 Å². The Balaban J connectivity index is 2.68. The third kappa shape index (κ3) is 5.70. The van der Waals surface area contributed by atoms with Crippen LogP contribution in [0.15, 0.2) is 0 Å². The van der Waals surface area contributed by atoms with E-state index in [4.69, 9.17) is 10.5 Å². The molecule has 6 nitrogen and oxygen atoms in total. The van der Waals surface area contributed by atoms with E-state index in [0.717, 1.165) is 4.90 Å². The molecule has 0 aromatic rings. The molecule has 0 saturated carbocycles. The molecule has 0 aromatic carbocycles. The fraction of sp³-hybridized carbons (Fsp3) is 0.846. The topological polar surface area (TPSA) is 75.9 Å². The number of ether oxygens (including phenoxy) is 1. The summed E-state index contributed by atoms with van der Waals surface area (Å²) in [6.45, 7) is 5.32. The Bertz CT molecular complexity index is 421. The van der Waals surface area contributed by atoms with Crippen LogP contribution in [0, 0.1) is 0 Å². The maximum atomic E-state index is 12.3. The number of nitrogens with two attached hydrogens (primary N) is 1. The van der Waals surface area contributed by atoms with Crippen LogP contribution in [0.25, 0.3) is 0 Å². The molecule has 0 aliphatic carbocycles. The number of halogens is 3. The highest BCUT2D eigenvalue weighted by atomic mass is 19.4. The lowest BCUT2D eigenvalue weighted by atomic mass is 10.1. The van der Waals surface area contributed by atoms with Gasteiger partial charge in [-0.1, -0.05) is 0 Å². The summed E-state index contributed by atoms with van der Waals surface area (Å²) in [6.07, 6.45) is -6.64. The highest BCUT2D eigenvalue weighted by molar-refractivity contribution is 5.78. The molecule has 1 fully saturated rings. The monoisotopic (exact) mass is 325 g/mol. The Hall–Kier alpha value is -1.51. The van der Waals surface area contributed by atoms with E-state index in [1.807, 2.05) is 0 Å². The molecule has 128 valence electrons. The van der Waals surface area contributed by atoms with Crippen molar-refractivity contribution in [2.24, 2.45) is 5.73 Å². The maximum absolute atomic E-state index is 12.3. The lowest BCUT2D eigenvalue weighted by Gasteiger charge is -2.41. The summed E-state index contributed by atoms with van der Waals surface area (Å²) in [5, 5.41) is 0. The normalized spacial score (nSPS) is 20.0. The average Bonchev–Trinajstić information content (AvgIpc) is 2.33. The molecule has 0 radical (unpaired) electrons. The van der Waals surface area contributed by atoms with E-state index < -0.39 is 36.2 Å². The Morgan fingerprint density at radius 1 is 1.23 bits per heavy atom. The van der Waals surface area contributed by atoms with Crippen molar-refractivity contribution in [2.75, 3.05) is 26.2 Å². The molecule has 1 heterocycles. The van der Waals surface area contributed by atoms with Crippen LogP contribution in [-0.2, 0) is 9.53 Å². The number of carbonyl (C=O) groups excluding carboxylic acids is 2. The molecule has 0 bridgehead atoms. The van der Waals surface area contributed by atoms with Crippen LogP contribution in [0.3, 0.4) is 0 Å². The van der Waals surface area contributed by atoms with Gasteiger partial charge >= 0.3 is 12.3 Å². The lowest BCUT2D eigenvalue weighted by molar-refractivity contribution is -0.164. The molecule has 9 heteroatoms. The van der Waals surface area contributed by atoms with Crippen molar-refractivity contribution in [1.29, 1.82) is 0 Å². The molecule has 0 spiro atoms. The summed E-state index contributed by atoms with van der Waals surface area (Å²) >= 11 is 0. The molecule has 1 aliphatic heterocycles. The summed E-state index contributed by atoms with van der Waals surface area (Å²) in [4.78, 5) is 26.1. The largest absolute Gasteiger partial charge is 0.444 e. The number of carbonyl (C=O) groups is 2. The molecular weight excluding hydrogens is 303 g/mol. The minimum absolute atomic E-state index is 0.00994. The van der Waals surface area contributed by atoms with Crippen molar-refractivity contribution >= 4 is 12.0 Å². The van der Waals surface area contributed by atoms with Gasteiger partial charge in [0.2, 0.25) is 5.91 Å². The summed E-state index contributed by atoms with van der Waals surface area (Å²) in [7, 11) is 0. The van der Waals surface area contributed by atoms with Crippen molar-refractivity contribution in [1.82, 2.24) is 9.80 Å². The van der Waals surface area contributed by atoms with Crippen LogP contribution in [0.1, 0.15) is 27.2 Å². The summed E-state index contributed by atoms with van der Waals surface area (Å²) in [5.74, 6) is -1.02. The van der Waals surface area contributed by atoms with Gasteiger partial charge in [-0.05, 0) is 20.8 Å². The van der Waals surface area contributed by atoms with Crippen LogP contribution < -0.4 is 5.73 Å². The Morgan fingerprint density at radius 3 is 2.27 bits per heavy atom. The molecule has 1 atom stereocenters.